The minimum Gasteiger partial charge on any atom is -0.493 e. The van der Waals surface area contributed by atoms with Crippen LogP contribution in [0.15, 0.2) is 65.6 Å². The van der Waals surface area contributed by atoms with Crippen molar-refractivity contribution in [2.24, 2.45) is 11.8 Å². The first-order chi connectivity index (χ1) is 18.6. The van der Waals surface area contributed by atoms with Gasteiger partial charge in [-0.25, -0.2) is 22.5 Å². The zero-order valence-corrected chi connectivity index (χ0v) is 25.0. The quantitative estimate of drug-likeness (QED) is 0.422. The number of benzene rings is 2. The second kappa shape index (κ2) is 10.9. The zero-order chi connectivity index (χ0) is 29.5. The van der Waals surface area contributed by atoms with Crippen LogP contribution in [0.1, 0.15) is 51.4 Å². The first kappa shape index (κ1) is 29.6. The van der Waals surface area contributed by atoms with Gasteiger partial charge >= 0.3 is 0 Å². The van der Waals surface area contributed by atoms with Gasteiger partial charge in [0, 0.05) is 17.2 Å². The van der Waals surface area contributed by atoms with Gasteiger partial charge in [0.25, 0.3) is 15.9 Å². The first-order valence-electron chi connectivity index (χ1n) is 13.5. The number of nitrogens with one attached hydrogen (secondary N) is 1. The fourth-order valence-corrected chi connectivity index (χ4v) is 6.49. The average Bonchev–Trinajstić information content (AvgIpc) is 3.03. The lowest BCUT2D eigenvalue weighted by molar-refractivity contribution is 0.0981. The van der Waals surface area contributed by atoms with E-state index >= 15 is 0 Å². The van der Waals surface area contributed by atoms with Gasteiger partial charge in [0.15, 0.2) is 0 Å². The molecule has 0 radical (unpaired) electrons. The zero-order valence-electron chi connectivity index (χ0n) is 24.2. The summed E-state index contributed by atoms with van der Waals surface area (Å²) in [6.07, 6.45) is 0.836. The smallest absolute Gasteiger partial charge is 0.268 e. The van der Waals surface area contributed by atoms with E-state index in [-0.39, 0.29) is 22.3 Å². The van der Waals surface area contributed by atoms with Gasteiger partial charge in [-0.05, 0) is 73.8 Å². The summed E-state index contributed by atoms with van der Waals surface area (Å²) in [5.41, 5.74) is 0.658. The molecule has 11 heteroatoms. The third-order valence-electron chi connectivity index (χ3n) is 7.56. The van der Waals surface area contributed by atoms with Crippen LogP contribution in [0, 0.1) is 17.7 Å². The highest BCUT2D eigenvalue weighted by Gasteiger charge is 2.50. The molecule has 0 spiro atoms. The molecule has 1 fully saturated rings. The molecular formula is C29H36B2FN3O4S. The molecule has 0 saturated carbocycles. The Morgan fingerprint density at radius 3 is 2.42 bits per heavy atom. The van der Waals surface area contributed by atoms with Crippen LogP contribution in [0.5, 0.6) is 5.75 Å². The Morgan fingerprint density at radius 1 is 1.15 bits per heavy atom. The first-order valence-corrected chi connectivity index (χ1v) is 15.0. The molecule has 1 amide bonds. The van der Waals surface area contributed by atoms with Gasteiger partial charge in [0.2, 0.25) is 0 Å². The predicted molar refractivity (Wildman–Crippen MR) is 161 cm³/mol. The van der Waals surface area contributed by atoms with Crippen molar-refractivity contribution in [3.05, 3.63) is 72.0 Å². The van der Waals surface area contributed by atoms with Crippen molar-refractivity contribution >= 4 is 37.4 Å². The number of ether oxygens (including phenoxy) is 1. The Hall–Kier alpha value is -3.33. The molecule has 1 saturated heterocycles. The topological polar surface area (TPSA) is 88.6 Å². The van der Waals surface area contributed by atoms with Crippen LogP contribution < -0.4 is 14.4 Å². The summed E-state index contributed by atoms with van der Waals surface area (Å²) < 4.78 is 48.6. The van der Waals surface area contributed by atoms with E-state index in [1.165, 1.54) is 24.3 Å². The van der Waals surface area contributed by atoms with E-state index in [1.54, 1.807) is 36.4 Å². The molecule has 0 bridgehead atoms. The fraction of sp³-hybridized carbons (Fsp3) is 0.379. The second-order valence-electron chi connectivity index (χ2n) is 12.1. The number of carbonyl (C=O) groups is 1. The third-order valence-corrected chi connectivity index (χ3v) is 8.90. The minimum absolute atomic E-state index is 0.0152. The number of nitrogens with zero attached hydrogens (tertiary/aromatic N) is 2. The number of sulfonamides is 1. The van der Waals surface area contributed by atoms with Crippen molar-refractivity contribution in [3.63, 3.8) is 0 Å². The van der Waals surface area contributed by atoms with Crippen molar-refractivity contribution in [2.75, 3.05) is 11.5 Å². The maximum atomic E-state index is 14.6. The van der Waals surface area contributed by atoms with Gasteiger partial charge in [-0.1, -0.05) is 39.0 Å². The molecule has 1 atom stereocenters. The molecule has 4 rings (SSSR count). The van der Waals surface area contributed by atoms with Crippen LogP contribution in [0.4, 0.5) is 10.2 Å². The maximum Gasteiger partial charge on any atom is 0.268 e. The Labute approximate surface area is 238 Å². The van der Waals surface area contributed by atoms with Gasteiger partial charge in [0.1, 0.15) is 33.1 Å². The lowest BCUT2D eigenvalue weighted by Gasteiger charge is -2.44. The van der Waals surface area contributed by atoms with Gasteiger partial charge in [-0.15, -0.1) is 0 Å². The average molecular weight is 563 g/mol. The van der Waals surface area contributed by atoms with Gasteiger partial charge in [-0.3, -0.25) is 4.79 Å². The van der Waals surface area contributed by atoms with Crippen molar-refractivity contribution in [1.29, 1.82) is 0 Å². The number of carbonyl (C=O) groups excluding carboxylic acids is 1. The fourth-order valence-electron chi connectivity index (χ4n) is 5.50. The Kier molecular flexibility index (Phi) is 8.09. The molecule has 3 aromatic rings. The number of aromatic nitrogens is 1. The molecule has 1 aliphatic heterocycles. The van der Waals surface area contributed by atoms with Crippen LogP contribution >= 0.6 is 0 Å². The van der Waals surface area contributed by atoms with E-state index < -0.39 is 32.6 Å². The number of hydrogen-bond donors (Lipinski definition) is 1. The van der Waals surface area contributed by atoms with E-state index in [0.29, 0.717) is 29.4 Å². The SMILES string of the molecule is BC1(B)[C@@H](C)CC(C)(C)N1c1nc(-c2cc(F)cc(OCC(C)C)c2)ccc1C(=O)NS(=O)(=O)c1ccccc1. The van der Waals surface area contributed by atoms with Gasteiger partial charge in [-0.2, -0.15) is 0 Å². The molecule has 40 heavy (non-hydrogen) atoms. The number of amides is 1. The minimum atomic E-state index is -4.12. The van der Waals surface area contributed by atoms with Crippen LogP contribution in [0.3, 0.4) is 0 Å². The highest BCUT2D eigenvalue weighted by molar-refractivity contribution is 7.90. The maximum absolute atomic E-state index is 14.6. The number of hydrogen-bond acceptors (Lipinski definition) is 6. The monoisotopic (exact) mass is 563 g/mol. The van der Waals surface area contributed by atoms with Gasteiger partial charge < -0.3 is 9.64 Å². The summed E-state index contributed by atoms with van der Waals surface area (Å²) in [6, 6.07) is 15.3. The number of rotatable bonds is 8. The molecule has 0 unspecified atom stereocenters. The van der Waals surface area contributed by atoms with Crippen LogP contribution in [0.25, 0.3) is 11.3 Å². The standard InChI is InChI=1S/C29H36B2FN3O4S/c1-18(2)17-39-22-14-20(13-21(32)15-22)25-12-11-24(27(36)34-40(37,38)23-9-7-6-8-10-23)26(33-25)35-28(4,5)16-19(3)29(35,30)31/h6-15,18-19H,16-17,30-31H2,1-5H3,(H,34,36)/t19-/m0/s1. The van der Waals surface area contributed by atoms with Crippen LogP contribution in [-0.4, -0.2) is 52.5 Å². The number of pyridine rings is 1. The molecule has 2 heterocycles. The highest BCUT2D eigenvalue weighted by Crippen LogP contribution is 2.45. The van der Waals surface area contributed by atoms with Crippen LogP contribution in [0.2, 0.25) is 0 Å². The summed E-state index contributed by atoms with van der Waals surface area (Å²) >= 11 is 0. The van der Waals surface area contributed by atoms with Crippen LogP contribution in [-0.2, 0) is 10.0 Å². The summed E-state index contributed by atoms with van der Waals surface area (Å²) in [7, 11) is 0.0579. The van der Waals surface area contributed by atoms with Crippen molar-refractivity contribution in [1.82, 2.24) is 9.71 Å². The summed E-state index contributed by atoms with van der Waals surface area (Å²) in [5, 5.41) is -0.407. The molecule has 1 aliphatic rings. The van der Waals surface area contributed by atoms with Crippen molar-refractivity contribution in [3.8, 4) is 17.0 Å². The lowest BCUT2D eigenvalue weighted by atomic mass is 9.56. The molecule has 7 nitrogen and oxygen atoms in total. The predicted octanol–water partition coefficient (Wildman–Crippen LogP) is 3.59. The van der Waals surface area contributed by atoms with E-state index in [0.717, 1.165) is 6.42 Å². The van der Waals surface area contributed by atoms with Crippen molar-refractivity contribution in [2.45, 2.75) is 56.8 Å². The second-order valence-corrected chi connectivity index (χ2v) is 13.8. The van der Waals surface area contributed by atoms with Crippen molar-refractivity contribution < 1.29 is 22.3 Å². The number of anilines is 1. The molecule has 1 aromatic heterocycles. The normalized spacial score (nSPS) is 18.1. The van der Waals surface area contributed by atoms with E-state index in [4.69, 9.17) is 9.72 Å². The van der Waals surface area contributed by atoms with E-state index in [2.05, 4.69) is 46.1 Å². The van der Waals surface area contributed by atoms with E-state index in [9.17, 15) is 17.6 Å². The summed E-state index contributed by atoms with van der Waals surface area (Å²) in [4.78, 5) is 20.6. The summed E-state index contributed by atoms with van der Waals surface area (Å²) in [6.45, 7) is 10.8. The molecular weight excluding hydrogens is 527 g/mol. The largest absolute Gasteiger partial charge is 0.493 e. The van der Waals surface area contributed by atoms with Gasteiger partial charge in [0.05, 0.1) is 22.8 Å². The molecule has 0 aliphatic carbocycles. The highest BCUT2D eigenvalue weighted by atomic mass is 32.2. The Bertz CT molecular complexity index is 1510. The lowest BCUT2D eigenvalue weighted by Crippen LogP contribution is -2.55. The Balaban J connectivity index is 1.83. The summed E-state index contributed by atoms with van der Waals surface area (Å²) in [5.74, 6) is -0.00922. The Morgan fingerprint density at radius 2 is 1.82 bits per heavy atom. The third kappa shape index (κ3) is 6.04. The molecule has 210 valence electrons. The number of halogens is 1. The molecule has 2 aromatic carbocycles. The van der Waals surface area contributed by atoms with E-state index in [1.807, 2.05) is 13.8 Å². The molecule has 1 N–H and O–H groups in total.